The van der Waals surface area contributed by atoms with E-state index < -0.39 is 0 Å². The molecule has 2 aromatic heterocycles. The Hall–Kier alpha value is -2.51. The molecule has 1 aliphatic rings. The molecule has 6 nitrogen and oxygen atoms in total. The summed E-state index contributed by atoms with van der Waals surface area (Å²) in [6.45, 7) is 5.81. The van der Waals surface area contributed by atoms with Crippen LogP contribution in [0.4, 0.5) is 5.13 Å². The van der Waals surface area contributed by atoms with Gasteiger partial charge in [-0.2, -0.15) is 5.10 Å². The Kier molecular flexibility index (Phi) is 4.81. The van der Waals surface area contributed by atoms with Crippen LogP contribution in [0.15, 0.2) is 42.7 Å². The minimum Gasteiger partial charge on any atom is -0.298 e. The van der Waals surface area contributed by atoms with Gasteiger partial charge in [-0.1, -0.05) is 37.3 Å². The Bertz CT molecular complexity index is 902. The first-order valence-corrected chi connectivity index (χ1v) is 9.61. The van der Waals surface area contributed by atoms with Gasteiger partial charge in [0, 0.05) is 30.6 Å². The van der Waals surface area contributed by atoms with Crippen molar-refractivity contribution in [1.82, 2.24) is 19.7 Å². The van der Waals surface area contributed by atoms with E-state index in [1.807, 2.05) is 30.3 Å². The summed E-state index contributed by atoms with van der Waals surface area (Å²) in [7, 11) is 0. The monoisotopic (exact) mass is 367 g/mol. The molecule has 1 N–H and O–H groups in total. The predicted octanol–water partition coefficient (Wildman–Crippen LogP) is 3.02. The van der Waals surface area contributed by atoms with E-state index in [2.05, 4.69) is 27.2 Å². The summed E-state index contributed by atoms with van der Waals surface area (Å²) in [5.74, 6) is -0.164. The van der Waals surface area contributed by atoms with Crippen molar-refractivity contribution >= 4 is 22.4 Å². The lowest BCUT2D eigenvalue weighted by Gasteiger charge is -2.23. The molecular weight excluding hydrogens is 346 g/mol. The standard InChI is InChI=1S/C19H21N5OS/c1-2-23-9-8-16-17(13-23)26-19(21-16)22-18(25)15-10-20-24(12-15)11-14-6-4-3-5-7-14/h3-7,10,12H,2,8-9,11,13H2,1H3,(H,21,22,25). The van der Waals surface area contributed by atoms with Crippen molar-refractivity contribution in [3.05, 3.63) is 64.4 Å². The van der Waals surface area contributed by atoms with E-state index in [0.717, 1.165) is 37.3 Å². The molecule has 0 spiro atoms. The van der Waals surface area contributed by atoms with Gasteiger partial charge in [0.1, 0.15) is 0 Å². The van der Waals surface area contributed by atoms with Gasteiger partial charge in [0.05, 0.1) is 24.0 Å². The van der Waals surface area contributed by atoms with Gasteiger partial charge in [-0.25, -0.2) is 4.98 Å². The van der Waals surface area contributed by atoms with E-state index in [1.165, 1.54) is 4.88 Å². The number of aromatic nitrogens is 3. The molecular formula is C19H21N5OS. The lowest BCUT2D eigenvalue weighted by Crippen LogP contribution is -2.29. The number of nitrogens with zero attached hydrogens (tertiary/aromatic N) is 4. The summed E-state index contributed by atoms with van der Waals surface area (Å²) in [5, 5.41) is 7.89. The Morgan fingerprint density at radius 1 is 1.31 bits per heavy atom. The molecule has 4 rings (SSSR count). The number of carbonyl (C=O) groups excluding carboxylic acids is 1. The molecule has 0 fully saturated rings. The highest BCUT2D eigenvalue weighted by molar-refractivity contribution is 7.15. The van der Waals surface area contributed by atoms with E-state index in [1.54, 1.807) is 28.4 Å². The third-order valence-electron chi connectivity index (χ3n) is 4.56. The van der Waals surface area contributed by atoms with Crippen LogP contribution in [-0.4, -0.2) is 38.7 Å². The minimum atomic E-state index is -0.164. The molecule has 1 aliphatic heterocycles. The number of likely N-dealkylation sites (N-methyl/N-ethyl adjacent to an activating group) is 1. The molecule has 0 aliphatic carbocycles. The summed E-state index contributed by atoms with van der Waals surface area (Å²) >= 11 is 1.57. The summed E-state index contributed by atoms with van der Waals surface area (Å²) in [6, 6.07) is 10.1. The number of rotatable bonds is 5. The van der Waals surface area contributed by atoms with Crippen molar-refractivity contribution in [1.29, 1.82) is 0 Å². The fraction of sp³-hybridized carbons (Fsp3) is 0.316. The molecule has 0 saturated heterocycles. The first-order valence-electron chi connectivity index (χ1n) is 8.80. The summed E-state index contributed by atoms with van der Waals surface area (Å²) in [4.78, 5) is 20.7. The van der Waals surface area contributed by atoms with Crippen molar-refractivity contribution in [2.75, 3.05) is 18.4 Å². The maximum Gasteiger partial charge on any atom is 0.260 e. The van der Waals surface area contributed by atoms with Gasteiger partial charge in [-0.3, -0.25) is 19.7 Å². The van der Waals surface area contributed by atoms with E-state index in [9.17, 15) is 4.79 Å². The highest BCUT2D eigenvalue weighted by Crippen LogP contribution is 2.28. The van der Waals surface area contributed by atoms with Gasteiger partial charge in [0.15, 0.2) is 5.13 Å². The molecule has 1 aromatic carbocycles. The Morgan fingerprint density at radius 3 is 2.96 bits per heavy atom. The molecule has 0 unspecified atom stereocenters. The van der Waals surface area contributed by atoms with Gasteiger partial charge in [0.2, 0.25) is 0 Å². The molecule has 1 amide bonds. The molecule has 3 aromatic rings. The summed E-state index contributed by atoms with van der Waals surface area (Å²) in [6.07, 6.45) is 4.32. The van der Waals surface area contributed by atoms with Crippen LogP contribution in [0.1, 0.15) is 33.4 Å². The van der Waals surface area contributed by atoms with Crippen LogP contribution in [0.25, 0.3) is 0 Å². The second kappa shape index (κ2) is 7.39. The van der Waals surface area contributed by atoms with Gasteiger partial charge < -0.3 is 0 Å². The zero-order valence-electron chi connectivity index (χ0n) is 14.7. The average molecular weight is 367 g/mol. The number of carbonyl (C=O) groups is 1. The number of benzene rings is 1. The maximum absolute atomic E-state index is 12.5. The number of thiazole rings is 1. The minimum absolute atomic E-state index is 0.164. The SMILES string of the molecule is CCN1CCc2nc(NC(=O)c3cnn(Cc4ccccc4)c3)sc2C1. The smallest absolute Gasteiger partial charge is 0.260 e. The van der Waals surface area contributed by atoms with Crippen LogP contribution in [0.3, 0.4) is 0 Å². The Balaban J connectivity index is 1.42. The first-order chi connectivity index (χ1) is 12.7. The van der Waals surface area contributed by atoms with Crippen molar-refractivity contribution in [3.8, 4) is 0 Å². The molecule has 0 saturated carbocycles. The van der Waals surface area contributed by atoms with E-state index in [4.69, 9.17) is 0 Å². The number of anilines is 1. The van der Waals surface area contributed by atoms with E-state index in [-0.39, 0.29) is 5.91 Å². The fourth-order valence-electron chi connectivity index (χ4n) is 3.08. The lowest BCUT2D eigenvalue weighted by molar-refractivity contribution is 0.102. The third-order valence-corrected chi connectivity index (χ3v) is 5.56. The fourth-order valence-corrected chi connectivity index (χ4v) is 4.12. The number of amides is 1. The molecule has 0 atom stereocenters. The predicted molar refractivity (Wildman–Crippen MR) is 102 cm³/mol. The maximum atomic E-state index is 12.5. The largest absolute Gasteiger partial charge is 0.298 e. The average Bonchev–Trinajstić information content (AvgIpc) is 3.28. The molecule has 26 heavy (non-hydrogen) atoms. The zero-order valence-corrected chi connectivity index (χ0v) is 15.5. The number of fused-ring (bicyclic) bond motifs is 1. The van der Waals surface area contributed by atoms with Crippen molar-refractivity contribution in [2.45, 2.75) is 26.4 Å². The lowest BCUT2D eigenvalue weighted by atomic mass is 10.2. The van der Waals surface area contributed by atoms with Crippen molar-refractivity contribution in [2.24, 2.45) is 0 Å². The second-order valence-electron chi connectivity index (χ2n) is 6.37. The summed E-state index contributed by atoms with van der Waals surface area (Å²) < 4.78 is 1.77. The van der Waals surface area contributed by atoms with Crippen LogP contribution in [0, 0.1) is 0 Å². The molecule has 7 heteroatoms. The highest BCUT2D eigenvalue weighted by Gasteiger charge is 2.20. The van der Waals surface area contributed by atoms with Gasteiger partial charge >= 0.3 is 0 Å². The Labute approximate surface area is 156 Å². The van der Waals surface area contributed by atoms with E-state index >= 15 is 0 Å². The molecule has 0 bridgehead atoms. The number of hydrogen-bond acceptors (Lipinski definition) is 5. The van der Waals surface area contributed by atoms with Crippen LogP contribution < -0.4 is 5.32 Å². The summed E-state index contributed by atoms with van der Waals surface area (Å²) in [5.41, 5.74) is 2.81. The Morgan fingerprint density at radius 2 is 2.15 bits per heavy atom. The van der Waals surface area contributed by atoms with Crippen LogP contribution in [0.2, 0.25) is 0 Å². The second-order valence-corrected chi connectivity index (χ2v) is 7.46. The van der Waals surface area contributed by atoms with Crippen LogP contribution in [-0.2, 0) is 19.5 Å². The van der Waals surface area contributed by atoms with Crippen LogP contribution in [0.5, 0.6) is 0 Å². The molecule has 3 heterocycles. The topological polar surface area (TPSA) is 63.1 Å². The molecule has 134 valence electrons. The number of hydrogen-bond donors (Lipinski definition) is 1. The van der Waals surface area contributed by atoms with Crippen molar-refractivity contribution < 1.29 is 4.79 Å². The van der Waals surface area contributed by atoms with Crippen LogP contribution >= 0.6 is 11.3 Å². The quantitative estimate of drug-likeness (QED) is 0.753. The third kappa shape index (κ3) is 3.68. The zero-order chi connectivity index (χ0) is 17.9. The van der Waals surface area contributed by atoms with Gasteiger partial charge in [-0.15, -0.1) is 11.3 Å². The molecule has 0 radical (unpaired) electrons. The first kappa shape index (κ1) is 16.9. The van der Waals surface area contributed by atoms with E-state index in [0.29, 0.717) is 17.2 Å². The normalized spacial score (nSPS) is 14.2. The highest BCUT2D eigenvalue weighted by atomic mass is 32.1. The number of nitrogens with one attached hydrogen (secondary N) is 1. The van der Waals surface area contributed by atoms with Gasteiger partial charge in [-0.05, 0) is 12.1 Å². The van der Waals surface area contributed by atoms with Gasteiger partial charge in [0.25, 0.3) is 5.91 Å². The van der Waals surface area contributed by atoms with Crippen molar-refractivity contribution in [3.63, 3.8) is 0 Å².